The molecule has 0 bridgehead atoms. The van der Waals surface area contributed by atoms with Gasteiger partial charge in [-0.1, -0.05) is 30.7 Å². The van der Waals surface area contributed by atoms with E-state index in [9.17, 15) is 10.2 Å². The van der Waals surface area contributed by atoms with Crippen LogP contribution in [0.1, 0.15) is 42.9 Å². The molecule has 0 fully saturated rings. The van der Waals surface area contributed by atoms with Crippen LogP contribution in [0.3, 0.4) is 0 Å². The van der Waals surface area contributed by atoms with Crippen molar-refractivity contribution in [2.75, 3.05) is 6.61 Å². The molecule has 0 saturated carbocycles. The summed E-state index contributed by atoms with van der Waals surface area (Å²) in [6, 6.07) is 3.94. The second kappa shape index (κ2) is 8.65. The quantitative estimate of drug-likeness (QED) is 0.674. The van der Waals surface area contributed by atoms with Gasteiger partial charge in [0, 0.05) is 0 Å². The number of phenolic OH excluding ortho intramolecular Hbond substituents is 1. The van der Waals surface area contributed by atoms with Crippen molar-refractivity contribution in [1.29, 1.82) is 0 Å². The number of hydrogen-bond acceptors (Lipinski definition) is 3. The molecule has 1 aromatic rings. The zero-order chi connectivity index (χ0) is 15.8. The van der Waals surface area contributed by atoms with Crippen molar-refractivity contribution in [3.8, 4) is 5.75 Å². The first-order chi connectivity index (χ1) is 9.97. The summed E-state index contributed by atoms with van der Waals surface area (Å²) in [5, 5.41) is 28.2. The molecular weight excluding hydrogens is 264 g/mol. The van der Waals surface area contributed by atoms with Crippen molar-refractivity contribution in [3.63, 3.8) is 0 Å². The Kier molecular flexibility index (Phi) is 7.20. The summed E-state index contributed by atoms with van der Waals surface area (Å²) in [4.78, 5) is 0. The Morgan fingerprint density at radius 1 is 1.24 bits per heavy atom. The summed E-state index contributed by atoms with van der Waals surface area (Å²) < 4.78 is 0. The number of phenols is 1. The van der Waals surface area contributed by atoms with Crippen LogP contribution in [-0.2, 0) is 0 Å². The van der Waals surface area contributed by atoms with Gasteiger partial charge >= 0.3 is 0 Å². The fourth-order valence-electron chi connectivity index (χ4n) is 2.31. The first-order valence-corrected chi connectivity index (χ1v) is 7.43. The molecule has 0 amide bonds. The second-order valence-corrected chi connectivity index (χ2v) is 5.38. The fraction of sp³-hybridized carbons (Fsp3) is 0.444. The Bertz CT molecular complexity index is 492. The minimum absolute atomic E-state index is 0.0421. The predicted molar refractivity (Wildman–Crippen MR) is 87.3 cm³/mol. The monoisotopic (exact) mass is 290 g/mol. The van der Waals surface area contributed by atoms with E-state index in [0.717, 1.165) is 29.5 Å². The van der Waals surface area contributed by atoms with Crippen molar-refractivity contribution in [3.05, 3.63) is 46.5 Å². The number of aliphatic hydroxyl groups excluding tert-OH is 2. The lowest BCUT2D eigenvalue weighted by atomic mass is 9.99. The van der Waals surface area contributed by atoms with Gasteiger partial charge in [-0.3, -0.25) is 0 Å². The highest BCUT2D eigenvalue weighted by Gasteiger charge is 2.05. The van der Waals surface area contributed by atoms with Gasteiger partial charge in [-0.15, -0.1) is 0 Å². The summed E-state index contributed by atoms with van der Waals surface area (Å²) in [6.45, 7) is 5.85. The maximum atomic E-state index is 9.80. The van der Waals surface area contributed by atoms with E-state index >= 15 is 0 Å². The molecule has 0 aliphatic carbocycles. The van der Waals surface area contributed by atoms with E-state index in [-0.39, 0.29) is 6.61 Å². The molecule has 1 rings (SSSR count). The first-order valence-electron chi connectivity index (χ1n) is 7.43. The van der Waals surface area contributed by atoms with Crippen LogP contribution < -0.4 is 0 Å². The molecule has 0 radical (unpaired) electrons. The van der Waals surface area contributed by atoms with Crippen molar-refractivity contribution in [1.82, 2.24) is 0 Å². The van der Waals surface area contributed by atoms with Crippen molar-refractivity contribution in [2.45, 2.75) is 46.1 Å². The summed E-state index contributed by atoms with van der Waals surface area (Å²) in [6.07, 6.45) is 7.18. The number of aryl methyl sites for hydroxylation is 2. The van der Waals surface area contributed by atoms with Gasteiger partial charge < -0.3 is 15.3 Å². The highest BCUT2D eigenvalue weighted by Crippen LogP contribution is 2.25. The first kappa shape index (κ1) is 17.5. The van der Waals surface area contributed by atoms with E-state index in [0.29, 0.717) is 12.2 Å². The molecule has 0 saturated heterocycles. The van der Waals surface area contributed by atoms with E-state index in [1.54, 1.807) is 12.2 Å². The highest BCUT2D eigenvalue weighted by atomic mass is 16.3. The maximum Gasteiger partial charge on any atom is 0.121 e. The number of rotatable bonds is 7. The minimum atomic E-state index is -0.518. The molecule has 116 valence electrons. The average Bonchev–Trinajstić information content (AvgIpc) is 2.46. The van der Waals surface area contributed by atoms with E-state index in [2.05, 4.69) is 13.0 Å². The Morgan fingerprint density at radius 2 is 1.86 bits per heavy atom. The summed E-state index contributed by atoms with van der Waals surface area (Å²) in [5.74, 6) is 0.356. The van der Waals surface area contributed by atoms with Gasteiger partial charge in [0.15, 0.2) is 0 Å². The average molecular weight is 290 g/mol. The zero-order valence-corrected chi connectivity index (χ0v) is 13.1. The Labute approximate surface area is 127 Å². The van der Waals surface area contributed by atoms with Crippen LogP contribution in [0.15, 0.2) is 29.9 Å². The molecule has 0 heterocycles. The summed E-state index contributed by atoms with van der Waals surface area (Å²) >= 11 is 0. The maximum absolute atomic E-state index is 9.80. The topological polar surface area (TPSA) is 60.7 Å². The zero-order valence-electron chi connectivity index (χ0n) is 13.1. The number of benzene rings is 1. The molecule has 3 heteroatoms. The van der Waals surface area contributed by atoms with Crippen molar-refractivity contribution < 1.29 is 15.3 Å². The third-order valence-corrected chi connectivity index (χ3v) is 3.56. The Balaban J connectivity index is 2.78. The molecule has 0 spiro atoms. The molecular formula is C18H26O3. The molecule has 3 N–H and O–H groups in total. The van der Waals surface area contributed by atoms with Gasteiger partial charge in [0.2, 0.25) is 0 Å². The molecule has 0 aromatic heterocycles. The molecule has 0 unspecified atom stereocenters. The number of aliphatic hydroxyl groups is 2. The lowest BCUT2D eigenvalue weighted by Gasteiger charge is -2.10. The second-order valence-electron chi connectivity index (χ2n) is 5.38. The normalized spacial score (nSPS) is 13.9. The van der Waals surface area contributed by atoms with E-state index < -0.39 is 6.10 Å². The Morgan fingerprint density at radius 3 is 2.38 bits per heavy atom. The van der Waals surface area contributed by atoms with Gasteiger partial charge in [-0.2, -0.15) is 0 Å². The van der Waals surface area contributed by atoms with Gasteiger partial charge in [0.25, 0.3) is 0 Å². The van der Waals surface area contributed by atoms with Crippen molar-refractivity contribution in [2.24, 2.45) is 0 Å². The third-order valence-electron chi connectivity index (χ3n) is 3.56. The van der Waals surface area contributed by atoms with Crippen LogP contribution in [0.25, 0.3) is 6.08 Å². The minimum Gasteiger partial charge on any atom is -0.507 e. The highest BCUT2D eigenvalue weighted by molar-refractivity contribution is 5.58. The van der Waals surface area contributed by atoms with Crippen LogP contribution in [0.5, 0.6) is 5.75 Å². The molecule has 0 aliphatic heterocycles. The number of allylic oxidation sites excluding steroid dienone is 1. The number of aromatic hydroxyl groups is 1. The van der Waals surface area contributed by atoms with E-state index in [1.807, 2.05) is 26.0 Å². The molecule has 3 nitrogen and oxygen atoms in total. The van der Waals surface area contributed by atoms with Gasteiger partial charge in [-0.25, -0.2) is 0 Å². The van der Waals surface area contributed by atoms with Gasteiger partial charge in [0.05, 0.1) is 12.7 Å². The number of hydrogen-bond donors (Lipinski definition) is 3. The summed E-state index contributed by atoms with van der Waals surface area (Å²) in [7, 11) is 0. The lowest BCUT2D eigenvalue weighted by Crippen LogP contribution is -2.02. The molecule has 1 aromatic carbocycles. The molecule has 21 heavy (non-hydrogen) atoms. The van der Waals surface area contributed by atoms with Gasteiger partial charge in [0.1, 0.15) is 5.75 Å². The van der Waals surface area contributed by atoms with Crippen LogP contribution in [-0.4, -0.2) is 28.0 Å². The third kappa shape index (κ3) is 5.74. The molecule has 0 aliphatic rings. The lowest BCUT2D eigenvalue weighted by molar-refractivity contribution is 0.211. The molecule has 1 atom stereocenters. The van der Waals surface area contributed by atoms with E-state index in [1.165, 1.54) is 5.57 Å². The predicted octanol–water partition coefficient (Wildman–Crippen LogP) is 3.49. The van der Waals surface area contributed by atoms with Gasteiger partial charge in [-0.05, 0) is 61.9 Å². The van der Waals surface area contributed by atoms with Crippen LogP contribution >= 0.6 is 0 Å². The SMILES string of the molecule is CC/C(=C\c1cc(C)c(O)c(C)c1)CC[C@@H](O)/C=C\CO. The van der Waals surface area contributed by atoms with E-state index in [4.69, 9.17) is 5.11 Å². The van der Waals surface area contributed by atoms with Crippen LogP contribution in [0.4, 0.5) is 0 Å². The Hall–Kier alpha value is -1.58. The smallest absolute Gasteiger partial charge is 0.121 e. The fourth-order valence-corrected chi connectivity index (χ4v) is 2.31. The largest absolute Gasteiger partial charge is 0.507 e. The van der Waals surface area contributed by atoms with Crippen LogP contribution in [0, 0.1) is 13.8 Å². The van der Waals surface area contributed by atoms with Crippen LogP contribution in [0.2, 0.25) is 0 Å². The standard InChI is InChI=1S/C18H26O3/c1-4-15(7-8-17(20)6-5-9-19)12-16-10-13(2)18(21)14(3)11-16/h5-6,10-12,17,19-21H,4,7-9H2,1-3H3/b6-5-,15-12+/t17-/m0/s1. The summed E-state index contributed by atoms with van der Waals surface area (Å²) in [5.41, 5.74) is 4.10. The van der Waals surface area contributed by atoms with Crippen molar-refractivity contribution >= 4 is 6.08 Å².